The fraction of sp³-hybridized carbons (Fsp3) is 0.407. The maximum Gasteiger partial charge on any atom is 0.225 e. The minimum atomic E-state index is -0.310. The molecule has 0 radical (unpaired) electrons. The van der Waals surface area contributed by atoms with Crippen LogP contribution in [0.2, 0.25) is 0 Å². The molecule has 0 unspecified atom stereocenters. The van der Waals surface area contributed by atoms with E-state index in [0.29, 0.717) is 49.7 Å². The second-order valence-electron chi connectivity index (χ2n) is 8.94. The molecule has 3 N–H and O–H groups in total. The Morgan fingerprint density at radius 1 is 1.25 bits per heavy atom. The van der Waals surface area contributed by atoms with Crippen molar-refractivity contribution in [2.75, 3.05) is 32.6 Å². The summed E-state index contributed by atoms with van der Waals surface area (Å²) in [4.78, 5) is 36.9. The monoisotopic (exact) mass is 492 g/mol. The molecule has 2 aromatic rings. The zero-order chi connectivity index (χ0) is 26.1. The third-order valence-electron chi connectivity index (χ3n) is 6.38. The van der Waals surface area contributed by atoms with Gasteiger partial charge in [-0.2, -0.15) is 0 Å². The molecule has 1 aliphatic rings. The van der Waals surface area contributed by atoms with Crippen LogP contribution < -0.4 is 11.1 Å². The first-order chi connectivity index (χ1) is 17.3. The molecule has 9 heteroatoms. The molecule has 9 nitrogen and oxygen atoms in total. The van der Waals surface area contributed by atoms with Gasteiger partial charge in [0.2, 0.25) is 11.8 Å². The third kappa shape index (κ3) is 7.14. The summed E-state index contributed by atoms with van der Waals surface area (Å²) in [5.74, 6) is 0.719. The van der Waals surface area contributed by atoms with E-state index in [-0.39, 0.29) is 23.8 Å². The highest BCUT2D eigenvalue weighted by molar-refractivity contribution is 6.06. The quantitative estimate of drug-likeness (QED) is 0.519. The number of rotatable bonds is 9. The van der Waals surface area contributed by atoms with Crippen LogP contribution in [0, 0.1) is 5.92 Å². The molecule has 0 spiro atoms. The molecule has 2 heterocycles. The van der Waals surface area contributed by atoms with Gasteiger partial charge in [0, 0.05) is 64.7 Å². The summed E-state index contributed by atoms with van der Waals surface area (Å²) >= 11 is 0. The van der Waals surface area contributed by atoms with Gasteiger partial charge in [-0.25, -0.2) is 9.98 Å². The number of ether oxygens (including phenoxy) is 1. The van der Waals surface area contributed by atoms with Crippen LogP contribution in [0.4, 0.5) is 11.5 Å². The predicted molar refractivity (Wildman–Crippen MR) is 142 cm³/mol. The highest BCUT2D eigenvalue weighted by Gasteiger charge is 2.28. The number of piperidine rings is 1. The summed E-state index contributed by atoms with van der Waals surface area (Å²) in [7, 11) is 3.44. The molecular formula is C27H36N6O3. The minimum Gasteiger partial charge on any atom is -0.403 e. The van der Waals surface area contributed by atoms with Crippen LogP contribution in [0.1, 0.15) is 32.3 Å². The number of nitrogens with two attached hydrogens (primary N) is 1. The number of anilines is 1. The fourth-order valence-corrected chi connectivity index (χ4v) is 4.17. The average Bonchev–Trinajstić information content (AvgIpc) is 2.91. The number of amides is 2. The molecule has 2 amide bonds. The van der Waals surface area contributed by atoms with Crippen molar-refractivity contribution in [2.45, 2.75) is 39.3 Å². The number of carbonyl (C=O) groups is 2. The van der Waals surface area contributed by atoms with Crippen LogP contribution in [0.5, 0.6) is 0 Å². The van der Waals surface area contributed by atoms with E-state index in [1.54, 1.807) is 30.0 Å². The Hall–Kier alpha value is -3.72. The van der Waals surface area contributed by atoms with Gasteiger partial charge in [-0.3, -0.25) is 9.59 Å². The van der Waals surface area contributed by atoms with Gasteiger partial charge < -0.3 is 25.6 Å². The largest absolute Gasteiger partial charge is 0.403 e. The van der Waals surface area contributed by atoms with Gasteiger partial charge in [-0.1, -0.05) is 18.2 Å². The summed E-state index contributed by atoms with van der Waals surface area (Å²) in [6.07, 6.45) is 4.26. The Bertz CT molecular complexity index is 1080. The molecule has 192 valence electrons. The smallest absolute Gasteiger partial charge is 0.225 e. The Balaban J connectivity index is 1.63. The SMILES string of the molecule is CO[C@@H](C)C(=N\c1ccccn1)/C(=C\N)Nc1ccc(CN(C)C(=O)C2CCN(C(C)=O)CC2)cc1. The van der Waals surface area contributed by atoms with E-state index in [0.717, 1.165) is 11.3 Å². The Labute approximate surface area is 213 Å². The van der Waals surface area contributed by atoms with Crippen molar-refractivity contribution in [3.63, 3.8) is 0 Å². The van der Waals surface area contributed by atoms with Crippen LogP contribution in [0.3, 0.4) is 0 Å². The van der Waals surface area contributed by atoms with Gasteiger partial charge in [0.15, 0.2) is 5.82 Å². The van der Waals surface area contributed by atoms with Crippen molar-refractivity contribution < 1.29 is 14.3 Å². The first-order valence-corrected chi connectivity index (χ1v) is 12.1. The maximum absolute atomic E-state index is 12.9. The summed E-state index contributed by atoms with van der Waals surface area (Å²) in [6.45, 7) is 5.27. The fourth-order valence-electron chi connectivity index (χ4n) is 4.17. The number of hydrogen-bond donors (Lipinski definition) is 2. The van der Waals surface area contributed by atoms with Crippen LogP contribution in [0.15, 0.2) is 65.6 Å². The van der Waals surface area contributed by atoms with Crippen LogP contribution in [0.25, 0.3) is 0 Å². The second-order valence-corrected chi connectivity index (χ2v) is 8.94. The predicted octanol–water partition coefficient (Wildman–Crippen LogP) is 3.32. The number of nitrogens with one attached hydrogen (secondary N) is 1. The molecular weight excluding hydrogens is 456 g/mol. The van der Waals surface area contributed by atoms with Gasteiger partial charge in [-0.15, -0.1) is 0 Å². The van der Waals surface area contributed by atoms with Crippen LogP contribution >= 0.6 is 0 Å². The summed E-state index contributed by atoms with van der Waals surface area (Å²) in [5, 5.41) is 3.32. The molecule has 1 aliphatic heterocycles. The van der Waals surface area contributed by atoms with Crippen molar-refractivity contribution in [3.8, 4) is 0 Å². The standard InChI is InChI=1S/C27H36N6O3/c1-19(36-4)26(31-25-7-5-6-14-29-25)24(17-28)30-23-10-8-21(9-11-23)18-32(3)27(35)22-12-15-33(16-13-22)20(2)34/h5-11,14,17,19,22,30H,12-13,15-16,18,28H2,1-4H3/b24-17+,31-26+/t19-/m0/s1. The second kappa shape index (κ2) is 12.8. The number of pyridine rings is 1. The van der Waals surface area contributed by atoms with Gasteiger partial charge in [0.25, 0.3) is 0 Å². The van der Waals surface area contributed by atoms with Crippen LogP contribution in [-0.2, 0) is 20.9 Å². The van der Waals surface area contributed by atoms with Crippen molar-refractivity contribution >= 4 is 29.0 Å². The maximum atomic E-state index is 12.9. The number of likely N-dealkylation sites (tertiary alicyclic amines) is 1. The van der Waals surface area contributed by atoms with Gasteiger partial charge in [0.05, 0.1) is 17.5 Å². The molecule has 0 saturated carbocycles. The van der Waals surface area contributed by atoms with E-state index in [2.05, 4.69) is 15.3 Å². The van der Waals surface area contributed by atoms with E-state index in [1.165, 1.54) is 6.20 Å². The van der Waals surface area contributed by atoms with E-state index in [1.807, 2.05) is 56.4 Å². The lowest BCUT2D eigenvalue weighted by Gasteiger charge is -2.32. The number of carbonyl (C=O) groups excluding carboxylic acids is 2. The number of aliphatic imine (C=N–C) groups is 1. The third-order valence-corrected chi connectivity index (χ3v) is 6.38. The summed E-state index contributed by atoms with van der Waals surface area (Å²) in [5.41, 5.74) is 9.04. The molecule has 0 aliphatic carbocycles. The molecule has 3 rings (SSSR count). The number of aromatic nitrogens is 1. The first-order valence-electron chi connectivity index (χ1n) is 12.1. The van der Waals surface area contributed by atoms with Crippen molar-refractivity contribution in [1.82, 2.24) is 14.8 Å². The first kappa shape index (κ1) is 26.9. The molecule has 1 aromatic heterocycles. The van der Waals surface area contributed by atoms with Crippen LogP contribution in [-0.4, -0.2) is 65.7 Å². The molecule has 1 atom stereocenters. The van der Waals surface area contributed by atoms with E-state index >= 15 is 0 Å². The lowest BCUT2D eigenvalue weighted by atomic mass is 9.95. The van der Waals surface area contributed by atoms with Crippen molar-refractivity contribution in [2.24, 2.45) is 16.6 Å². The number of nitrogens with zero attached hydrogens (tertiary/aromatic N) is 4. The van der Waals surface area contributed by atoms with E-state index in [4.69, 9.17) is 10.5 Å². The normalized spacial score (nSPS) is 15.9. The highest BCUT2D eigenvalue weighted by Crippen LogP contribution is 2.21. The van der Waals surface area contributed by atoms with Crippen molar-refractivity contribution in [1.29, 1.82) is 0 Å². The number of benzene rings is 1. The van der Waals surface area contributed by atoms with Gasteiger partial charge in [-0.05, 0) is 49.6 Å². The molecule has 0 bridgehead atoms. The molecule has 36 heavy (non-hydrogen) atoms. The highest BCUT2D eigenvalue weighted by atomic mass is 16.5. The summed E-state index contributed by atoms with van der Waals surface area (Å²) in [6, 6.07) is 13.4. The number of methoxy groups -OCH3 is 1. The van der Waals surface area contributed by atoms with Gasteiger partial charge in [0.1, 0.15) is 0 Å². The average molecular weight is 493 g/mol. The van der Waals surface area contributed by atoms with E-state index in [9.17, 15) is 9.59 Å². The lowest BCUT2D eigenvalue weighted by Crippen LogP contribution is -2.42. The van der Waals surface area contributed by atoms with E-state index < -0.39 is 0 Å². The molecule has 1 fully saturated rings. The zero-order valence-corrected chi connectivity index (χ0v) is 21.5. The Kier molecular flexibility index (Phi) is 9.58. The topological polar surface area (TPSA) is 113 Å². The minimum absolute atomic E-state index is 0.0385. The van der Waals surface area contributed by atoms with Gasteiger partial charge >= 0.3 is 0 Å². The zero-order valence-electron chi connectivity index (χ0n) is 21.5. The Morgan fingerprint density at radius 2 is 1.94 bits per heavy atom. The molecule has 1 aromatic carbocycles. The van der Waals surface area contributed by atoms with Crippen molar-refractivity contribution in [3.05, 3.63) is 66.1 Å². The summed E-state index contributed by atoms with van der Waals surface area (Å²) < 4.78 is 5.51. The molecule has 1 saturated heterocycles. The Morgan fingerprint density at radius 3 is 2.50 bits per heavy atom. The lowest BCUT2D eigenvalue weighted by molar-refractivity contribution is -0.139. The number of hydrogen-bond acceptors (Lipinski definition) is 7.